The molecule has 0 saturated carbocycles. The molecule has 5 rings (SSSR count). The molecule has 4 aromatic rings. The molecule has 10 nitrogen and oxygen atoms in total. The Morgan fingerprint density at radius 2 is 1.13 bits per heavy atom. The molecule has 0 N–H and O–H groups in total. The van der Waals surface area contributed by atoms with Crippen molar-refractivity contribution in [2.45, 2.75) is 6.54 Å². The van der Waals surface area contributed by atoms with E-state index in [2.05, 4.69) is 16.0 Å². The number of nitrogens with zero attached hydrogens (tertiary/aromatic N) is 3. The van der Waals surface area contributed by atoms with Gasteiger partial charge in [-0.15, -0.1) is 0 Å². The minimum absolute atomic E-state index is 0.0275. The van der Waals surface area contributed by atoms with Crippen molar-refractivity contribution < 1.29 is 33.2 Å². The van der Waals surface area contributed by atoms with Crippen molar-refractivity contribution in [1.82, 2.24) is 14.8 Å². The summed E-state index contributed by atoms with van der Waals surface area (Å²) in [6, 6.07) is 19.3. The maximum atomic E-state index is 13.4. The Bertz CT molecular complexity index is 1580. The number of ether oxygens (including phenoxy) is 6. The quantitative estimate of drug-likeness (QED) is 0.220. The number of benzene rings is 3. The number of hydrogen-bond donors (Lipinski definition) is 0. The summed E-state index contributed by atoms with van der Waals surface area (Å²) in [5.41, 5.74) is 5.33. The molecule has 45 heavy (non-hydrogen) atoms. The fourth-order valence-electron chi connectivity index (χ4n) is 5.56. The first-order valence-corrected chi connectivity index (χ1v) is 14.6. The monoisotopic (exact) mass is 613 g/mol. The van der Waals surface area contributed by atoms with E-state index < -0.39 is 0 Å². The molecule has 1 aromatic heterocycles. The molecule has 0 unspecified atom stereocenters. The highest BCUT2D eigenvalue weighted by atomic mass is 16.5. The Hall–Kier alpha value is -4.96. The highest BCUT2D eigenvalue weighted by molar-refractivity contribution is 5.95. The predicted octanol–water partition coefficient (Wildman–Crippen LogP) is 5.43. The zero-order valence-electron chi connectivity index (χ0n) is 26.6. The molecular weight excluding hydrogens is 574 g/mol. The molecule has 10 heteroatoms. The number of amides is 1. The van der Waals surface area contributed by atoms with Crippen LogP contribution in [0.15, 0.2) is 66.9 Å². The Morgan fingerprint density at radius 1 is 0.622 bits per heavy atom. The number of aromatic nitrogens is 1. The maximum absolute atomic E-state index is 13.4. The van der Waals surface area contributed by atoms with Crippen LogP contribution in [0.25, 0.3) is 22.4 Å². The number of rotatable bonds is 11. The molecule has 3 aromatic carbocycles. The van der Waals surface area contributed by atoms with Gasteiger partial charge in [0.15, 0.2) is 23.0 Å². The minimum Gasteiger partial charge on any atom is -0.493 e. The van der Waals surface area contributed by atoms with Crippen LogP contribution >= 0.6 is 0 Å². The number of methoxy groups -OCH3 is 6. The Balaban J connectivity index is 1.22. The zero-order chi connectivity index (χ0) is 31.9. The van der Waals surface area contributed by atoms with Crippen LogP contribution in [0.4, 0.5) is 0 Å². The Morgan fingerprint density at radius 3 is 1.62 bits per heavy atom. The van der Waals surface area contributed by atoms with E-state index in [9.17, 15) is 4.79 Å². The van der Waals surface area contributed by atoms with Gasteiger partial charge in [-0.3, -0.25) is 14.7 Å². The third kappa shape index (κ3) is 6.76. The lowest BCUT2D eigenvalue weighted by molar-refractivity contribution is 0.0628. The van der Waals surface area contributed by atoms with Crippen LogP contribution in [-0.2, 0) is 6.54 Å². The van der Waals surface area contributed by atoms with Crippen LogP contribution in [0.2, 0.25) is 0 Å². The van der Waals surface area contributed by atoms with E-state index in [4.69, 9.17) is 28.4 Å². The van der Waals surface area contributed by atoms with Gasteiger partial charge in [-0.25, -0.2) is 0 Å². The van der Waals surface area contributed by atoms with Crippen molar-refractivity contribution in [3.05, 3.63) is 78.0 Å². The average Bonchev–Trinajstić information content (AvgIpc) is 3.10. The van der Waals surface area contributed by atoms with Crippen LogP contribution < -0.4 is 28.4 Å². The molecule has 2 heterocycles. The van der Waals surface area contributed by atoms with Crippen LogP contribution in [0.5, 0.6) is 34.5 Å². The Kier molecular flexibility index (Phi) is 9.94. The molecule has 1 aliphatic rings. The van der Waals surface area contributed by atoms with Crippen molar-refractivity contribution in [2.75, 3.05) is 68.8 Å². The lowest BCUT2D eigenvalue weighted by Gasteiger charge is -2.34. The molecule has 0 atom stereocenters. The van der Waals surface area contributed by atoms with E-state index in [1.165, 1.54) is 0 Å². The number of piperazine rings is 1. The summed E-state index contributed by atoms with van der Waals surface area (Å²) in [5, 5.41) is 0. The Labute approximate surface area is 264 Å². The molecule has 1 amide bonds. The summed E-state index contributed by atoms with van der Waals surface area (Å²) in [7, 11) is 9.55. The van der Waals surface area contributed by atoms with Crippen LogP contribution in [0.1, 0.15) is 15.9 Å². The van der Waals surface area contributed by atoms with E-state index in [0.717, 1.165) is 47.6 Å². The van der Waals surface area contributed by atoms with E-state index in [-0.39, 0.29) is 5.91 Å². The van der Waals surface area contributed by atoms with Crippen molar-refractivity contribution in [3.63, 3.8) is 0 Å². The van der Waals surface area contributed by atoms with Gasteiger partial charge < -0.3 is 33.3 Å². The van der Waals surface area contributed by atoms with E-state index >= 15 is 0 Å². The van der Waals surface area contributed by atoms with Crippen molar-refractivity contribution in [3.8, 4) is 56.9 Å². The van der Waals surface area contributed by atoms with Gasteiger partial charge in [-0.1, -0.05) is 12.1 Å². The second-order valence-electron chi connectivity index (χ2n) is 10.5. The fraction of sp³-hybridized carbons (Fsp3) is 0.314. The van der Waals surface area contributed by atoms with Gasteiger partial charge in [0.05, 0.1) is 48.4 Å². The largest absolute Gasteiger partial charge is 0.493 e. The van der Waals surface area contributed by atoms with Crippen molar-refractivity contribution >= 4 is 5.91 Å². The summed E-state index contributed by atoms with van der Waals surface area (Å²) in [6.45, 7) is 3.61. The molecule has 0 radical (unpaired) electrons. The van der Waals surface area contributed by atoms with Gasteiger partial charge >= 0.3 is 0 Å². The fourth-order valence-corrected chi connectivity index (χ4v) is 5.56. The van der Waals surface area contributed by atoms with Crippen molar-refractivity contribution in [1.29, 1.82) is 0 Å². The first-order valence-electron chi connectivity index (χ1n) is 14.6. The third-order valence-corrected chi connectivity index (χ3v) is 7.98. The summed E-state index contributed by atoms with van der Waals surface area (Å²) < 4.78 is 32.9. The average molecular weight is 614 g/mol. The lowest BCUT2D eigenvalue weighted by atomic mass is 10.0. The summed E-state index contributed by atoms with van der Waals surface area (Å²) in [4.78, 5) is 22.2. The van der Waals surface area contributed by atoms with E-state index in [1.54, 1.807) is 42.7 Å². The number of hydrogen-bond acceptors (Lipinski definition) is 9. The van der Waals surface area contributed by atoms with Crippen LogP contribution in [0.3, 0.4) is 0 Å². The second kappa shape index (κ2) is 14.2. The first kappa shape index (κ1) is 31.5. The zero-order valence-corrected chi connectivity index (χ0v) is 26.6. The molecular formula is C35H39N3O7. The molecule has 0 spiro atoms. The molecule has 0 bridgehead atoms. The van der Waals surface area contributed by atoms with Gasteiger partial charge in [0.2, 0.25) is 11.5 Å². The molecule has 1 aliphatic heterocycles. The third-order valence-electron chi connectivity index (χ3n) is 7.98. The second-order valence-corrected chi connectivity index (χ2v) is 10.5. The summed E-state index contributed by atoms with van der Waals surface area (Å²) in [6.07, 6.45) is 1.81. The van der Waals surface area contributed by atoms with E-state index in [1.807, 2.05) is 65.7 Å². The standard InChI is InChI=1S/C35H39N3O7/c1-40-29-18-26(19-30(41-2)33(29)44-5)24-7-9-25(10-8-24)35(39)38-15-13-37(14-16-38)22-23-11-12-36-28(17-23)27-20-31(42-3)34(45-6)32(21-27)43-4/h7-12,17-21H,13-16,22H2,1-6H3. The normalized spacial score (nSPS) is 13.2. The van der Waals surface area contributed by atoms with Gasteiger partial charge in [0.1, 0.15) is 0 Å². The van der Waals surface area contributed by atoms with Gasteiger partial charge in [0, 0.05) is 50.0 Å². The number of pyridine rings is 1. The lowest BCUT2D eigenvalue weighted by Crippen LogP contribution is -2.48. The van der Waals surface area contributed by atoms with Crippen molar-refractivity contribution in [2.24, 2.45) is 0 Å². The highest BCUT2D eigenvalue weighted by Gasteiger charge is 2.23. The van der Waals surface area contributed by atoms with Gasteiger partial charge in [-0.05, 0) is 65.2 Å². The van der Waals surface area contributed by atoms with Gasteiger partial charge in [0.25, 0.3) is 5.91 Å². The summed E-state index contributed by atoms with van der Waals surface area (Å²) >= 11 is 0. The molecule has 0 aliphatic carbocycles. The first-order chi connectivity index (χ1) is 21.9. The van der Waals surface area contributed by atoms with Gasteiger partial charge in [-0.2, -0.15) is 0 Å². The van der Waals surface area contributed by atoms with Crippen LogP contribution in [0, 0.1) is 0 Å². The predicted molar refractivity (Wildman–Crippen MR) is 172 cm³/mol. The smallest absolute Gasteiger partial charge is 0.253 e. The summed E-state index contributed by atoms with van der Waals surface area (Å²) in [5.74, 6) is 3.42. The highest BCUT2D eigenvalue weighted by Crippen LogP contribution is 2.42. The SMILES string of the molecule is COc1cc(-c2ccc(C(=O)N3CCN(Cc4ccnc(-c5cc(OC)c(OC)c(OC)c5)c4)CC3)cc2)cc(OC)c1OC. The molecule has 236 valence electrons. The molecule has 1 saturated heterocycles. The maximum Gasteiger partial charge on any atom is 0.253 e. The minimum atomic E-state index is 0.0275. The van der Waals surface area contributed by atoms with Crippen LogP contribution in [-0.4, -0.2) is 89.5 Å². The number of carbonyl (C=O) groups is 1. The van der Waals surface area contributed by atoms with E-state index in [0.29, 0.717) is 53.2 Å². The topological polar surface area (TPSA) is 91.8 Å². The molecule has 1 fully saturated rings. The number of carbonyl (C=O) groups excluding carboxylic acids is 1.